The van der Waals surface area contributed by atoms with Gasteiger partial charge < -0.3 is 38.4 Å². The molecule has 4 aliphatic heterocycles. The van der Waals surface area contributed by atoms with Crippen molar-refractivity contribution < 1.29 is 33.6 Å². The molecule has 0 bridgehead atoms. The van der Waals surface area contributed by atoms with E-state index in [0.717, 1.165) is 72.7 Å². The number of hydrogen-bond donors (Lipinski definition) is 1. The fraction of sp³-hybridized carbons (Fsp3) is 0.370. The first kappa shape index (κ1) is 37.7. The third-order valence-corrected chi connectivity index (χ3v) is 12.2. The van der Waals surface area contributed by atoms with Crippen LogP contribution in [0.3, 0.4) is 0 Å². The van der Waals surface area contributed by atoms with Crippen LogP contribution in [-0.2, 0) is 37.2 Å². The highest BCUT2D eigenvalue weighted by Crippen LogP contribution is 2.43. The van der Waals surface area contributed by atoms with Crippen LogP contribution in [0.15, 0.2) is 72.9 Å². The zero-order valence-corrected chi connectivity index (χ0v) is 33.3. The molecule has 0 radical (unpaired) electrons. The van der Waals surface area contributed by atoms with Gasteiger partial charge in [-0.3, -0.25) is 19.5 Å². The van der Waals surface area contributed by atoms with Crippen molar-refractivity contribution in [1.82, 2.24) is 19.4 Å². The van der Waals surface area contributed by atoms with Crippen molar-refractivity contribution in [3.63, 3.8) is 0 Å². The van der Waals surface area contributed by atoms with Crippen molar-refractivity contribution in [1.29, 1.82) is 0 Å². The van der Waals surface area contributed by atoms with Crippen molar-refractivity contribution >= 4 is 17.5 Å². The summed E-state index contributed by atoms with van der Waals surface area (Å²) in [7, 11) is 1.64. The number of methoxy groups -OCH3 is 1. The van der Waals surface area contributed by atoms with E-state index in [1.165, 1.54) is 5.56 Å². The van der Waals surface area contributed by atoms with Crippen LogP contribution in [0, 0.1) is 13.8 Å². The predicted molar refractivity (Wildman–Crippen MR) is 219 cm³/mol. The smallest absolute Gasteiger partial charge is 0.260 e. The number of rotatable bonds is 9. The Morgan fingerprint density at radius 3 is 2.47 bits per heavy atom. The number of benzene rings is 3. The van der Waals surface area contributed by atoms with Crippen LogP contribution in [0.1, 0.15) is 67.2 Å². The molecule has 5 aromatic rings. The second-order valence-corrected chi connectivity index (χ2v) is 15.7. The molecule has 1 atom stereocenters. The molecule has 2 aromatic heterocycles. The van der Waals surface area contributed by atoms with Gasteiger partial charge in [0.25, 0.3) is 11.8 Å². The molecule has 1 saturated heterocycles. The normalized spacial score (nSPS) is 17.4. The lowest BCUT2D eigenvalue weighted by Gasteiger charge is -2.40. The Hall–Kier alpha value is -5.85. The molecule has 0 spiro atoms. The van der Waals surface area contributed by atoms with Crippen molar-refractivity contribution in [3.8, 4) is 34.3 Å². The molecule has 300 valence electrons. The SMILES string of the molecule is COc1c(C)cnc(CN(C(=O)c2cc(-c3cc4c(cc3C(=O)N3Cc5ccccc5CC3CN3CCOCC3)OCO4)n3c2CCCC3)c2ccc(O)cc2)c1C. The average molecular weight is 784 g/mol. The van der Waals surface area contributed by atoms with Gasteiger partial charge in [-0.15, -0.1) is 0 Å². The number of anilines is 1. The van der Waals surface area contributed by atoms with Gasteiger partial charge in [0.05, 0.1) is 43.7 Å². The number of pyridine rings is 1. The monoisotopic (exact) mass is 783 g/mol. The molecule has 6 heterocycles. The highest BCUT2D eigenvalue weighted by molar-refractivity contribution is 6.09. The Balaban J connectivity index is 1.14. The zero-order valence-electron chi connectivity index (χ0n) is 33.3. The minimum Gasteiger partial charge on any atom is -0.508 e. The number of ether oxygens (including phenoxy) is 4. The predicted octanol–water partition coefficient (Wildman–Crippen LogP) is 6.69. The summed E-state index contributed by atoms with van der Waals surface area (Å²) < 4.78 is 25.4. The molecule has 9 rings (SSSR count). The lowest BCUT2D eigenvalue weighted by molar-refractivity contribution is 0.0193. The molecule has 2 amide bonds. The van der Waals surface area contributed by atoms with Crippen LogP contribution in [0.25, 0.3) is 11.3 Å². The topological polar surface area (TPSA) is 119 Å². The van der Waals surface area contributed by atoms with Gasteiger partial charge in [-0.2, -0.15) is 0 Å². The largest absolute Gasteiger partial charge is 0.508 e. The van der Waals surface area contributed by atoms with Crippen molar-refractivity contribution in [2.45, 2.75) is 65.2 Å². The lowest BCUT2D eigenvalue weighted by atomic mass is 9.92. The van der Waals surface area contributed by atoms with E-state index in [1.54, 1.807) is 42.5 Å². The average Bonchev–Trinajstić information content (AvgIpc) is 3.88. The van der Waals surface area contributed by atoms with Crippen LogP contribution in [-0.4, -0.2) is 89.1 Å². The molecule has 12 nitrogen and oxygen atoms in total. The summed E-state index contributed by atoms with van der Waals surface area (Å²) in [6.07, 6.45) is 5.10. The molecule has 4 aliphatic rings. The van der Waals surface area contributed by atoms with Crippen molar-refractivity contribution in [3.05, 3.63) is 118 Å². The van der Waals surface area contributed by atoms with Crippen molar-refractivity contribution in [2.24, 2.45) is 0 Å². The fourth-order valence-corrected chi connectivity index (χ4v) is 9.08. The van der Waals surface area contributed by atoms with Crippen LogP contribution in [0.4, 0.5) is 5.69 Å². The van der Waals surface area contributed by atoms with E-state index >= 15 is 9.59 Å². The van der Waals surface area contributed by atoms with E-state index in [0.29, 0.717) is 72.3 Å². The molecular formula is C46H49N5O7. The number of phenols is 1. The summed E-state index contributed by atoms with van der Waals surface area (Å²) in [5, 5.41) is 10.2. The number of morpholine rings is 1. The molecule has 58 heavy (non-hydrogen) atoms. The third kappa shape index (κ3) is 7.04. The Bertz CT molecular complexity index is 2370. The van der Waals surface area contributed by atoms with Gasteiger partial charge in [-0.25, -0.2) is 0 Å². The first-order chi connectivity index (χ1) is 28.3. The number of hydrogen-bond acceptors (Lipinski definition) is 9. The van der Waals surface area contributed by atoms with Gasteiger partial charge in [0, 0.05) is 78.7 Å². The molecule has 1 fully saturated rings. The standard InChI is InChI=1S/C46H49N5O7/c1-29-24-47-39(30(2)44(29)55-3)27-51(33-11-13-35(52)14-12-33)46(54)38-21-41(49-15-7-6-10-40(38)49)36-22-42-43(58-28-57-42)23-37(36)45(53)50-25-32-9-5-4-8-31(32)20-34(50)26-48-16-18-56-19-17-48/h4-5,8-9,11-14,21-24,34,52H,6-7,10,15-20,25-28H2,1-3H3. The second-order valence-electron chi connectivity index (χ2n) is 15.7. The molecule has 0 aliphatic carbocycles. The number of amides is 2. The Morgan fingerprint density at radius 1 is 0.931 bits per heavy atom. The van der Waals surface area contributed by atoms with Gasteiger partial charge in [0.2, 0.25) is 6.79 Å². The maximum atomic E-state index is 15.3. The summed E-state index contributed by atoms with van der Waals surface area (Å²) in [6.45, 7) is 9.12. The second kappa shape index (κ2) is 15.8. The first-order valence-corrected chi connectivity index (χ1v) is 20.2. The number of aromatic nitrogens is 2. The van der Waals surface area contributed by atoms with Crippen LogP contribution >= 0.6 is 0 Å². The minimum absolute atomic E-state index is 0.0477. The fourth-order valence-electron chi connectivity index (χ4n) is 9.08. The maximum Gasteiger partial charge on any atom is 0.260 e. The van der Waals surface area contributed by atoms with Gasteiger partial charge in [0.15, 0.2) is 11.5 Å². The zero-order chi connectivity index (χ0) is 39.9. The number of nitrogens with zero attached hydrogens (tertiary/aromatic N) is 5. The Labute approximate surface area is 338 Å². The van der Waals surface area contributed by atoms with Crippen LogP contribution in [0.2, 0.25) is 0 Å². The lowest BCUT2D eigenvalue weighted by Crippen LogP contribution is -2.52. The van der Waals surface area contributed by atoms with E-state index in [4.69, 9.17) is 23.9 Å². The van der Waals surface area contributed by atoms with Crippen LogP contribution < -0.4 is 19.1 Å². The van der Waals surface area contributed by atoms with Gasteiger partial charge in [-0.05, 0) is 93.1 Å². The molecule has 1 N–H and O–H groups in total. The number of aryl methyl sites for hydroxylation is 1. The highest BCUT2D eigenvalue weighted by Gasteiger charge is 2.36. The quantitative estimate of drug-likeness (QED) is 0.175. The summed E-state index contributed by atoms with van der Waals surface area (Å²) in [4.78, 5) is 41.3. The molecule has 1 unspecified atom stereocenters. The highest BCUT2D eigenvalue weighted by atomic mass is 16.7. The van der Waals surface area contributed by atoms with E-state index in [2.05, 4.69) is 27.7 Å². The van der Waals surface area contributed by atoms with Crippen molar-refractivity contribution in [2.75, 3.05) is 51.7 Å². The van der Waals surface area contributed by atoms with Crippen LogP contribution in [0.5, 0.6) is 23.0 Å². The Morgan fingerprint density at radius 2 is 1.69 bits per heavy atom. The molecule has 3 aromatic carbocycles. The Kier molecular flexibility index (Phi) is 10.3. The van der Waals surface area contributed by atoms with E-state index in [1.807, 2.05) is 43.0 Å². The van der Waals surface area contributed by atoms with Gasteiger partial charge in [0.1, 0.15) is 11.5 Å². The number of aromatic hydroxyl groups is 1. The number of carbonyl (C=O) groups excluding carboxylic acids is 2. The van der Waals surface area contributed by atoms with E-state index in [9.17, 15) is 5.11 Å². The molecular weight excluding hydrogens is 735 g/mol. The maximum absolute atomic E-state index is 15.3. The third-order valence-electron chi connectivity index (χ3n) is 12.2. The van der Waals surface area contributed by atoms with Gasteiger partial charge >= 0.3 is 0 Å². The number of carbonyl (C=O) groups is 2. The van der Waals surface area contributed by atoms with E-state index < -0.39 is 0 Å². The summed E-state index contributed by atoms with van der Waals surface area (Å²) in [5.74, 6) is 1.66. The van der Waals surface area contributed by atoms with Gasteiger partial charge in [-0.1, -0.05) is 24.3 Å². The van der Waals surface area contributed by atoms with E-state index in [-0.39, 0.29) is 36.9 Å². The summed E-state index contributed by atoms with van der Waals surface area (Å²) >= 11 is 0. The molecule has 0 saturated carbocycles. The summed E-state index contributed by atoms with van der Waals surface area (Å²) in [5.41, 5.74) is 9.01. The first-order valence-electron chi connectivity index (χ1n) is 20.2. The number of fused-ring (bicyclic) bond motifs is 3. The molecule has 12 heteroatoms. The minimum atomic E-state index is -0.199. The number of phenolic OH excluding ortho intramolecular Hbond substituents is 1. The summed E-state index contributed by atoms with van der Waals surface area (Å²) in [6, 6.07) is 20.7.